The summed E-state index contributed by atoms with van der Waals surface area (Å²) in [7, 11) is 1.57. The number of anilines is 1. The third-order valence-corrected chi connectivity index (χ3v) is 5.90. The number of hydrogen-bond donors (Lipinski definition) is 1. The molecule has 34 heavy (non-hydrogen) atoms. The van der Waals surface area contributed by atoms with Crippen molar-refractivity contribution in [3.8, 4) is 5.75 Å². The highest BCUT2D eigenvalue weighted by Crippen LogP contribution is 2.21. The molecule has 5 rings (SSSR count). The number of carbonyl (C=O) groups is 1. The third-order valence-electron chi connectivity index (χ3n) is 5.53. The molecular formula is C25H20ClN5O3. The van der Waals surface area contributed by atoms with Gasteiger partial charge in [0.15, 0.2) is 0 Å². The van der Waals surface area contributed by atoms with Crippen LogP contribution in [0.4, 0.5) is 5.69 Å². The quantitative estimate of drug-likeness (QED) is 0.410. The zero-order valence-electron chi connectivity index (χ0n) is 18.4. The summed E-state index contributed by atoms with van der Waals surface area (Å²) in [6, 6.07) is 19.9. The number of rotatable bonds is 5. The highest BCUT2D eigenvalue weighted by Gasteiger charge is 2.20. The Morgan fingerprint density at radius 2 is 1.82 bits per heavy atom. The number of halogens is 1. The van der Waals surface area contributed by atoms with Crippen LogP contribution < -0.4 is 15.6 Å². The number of ether oxygens (including phenoxy) is 1. The maximum Gasteiger partial charge on any atom is 0.296 e. The molecule has 0 aliphatic heterocycles. The minimum atomic E-state index is -0.522. The molecule has 0 saturated carbocycles. The first-order valence-electron chi connectivity index (χ1n) is 10.5. The zero-order valence-corrected chi connectivity index (χ0v) is 19.2. The van der Waals surface area contributed by atoms with Crippen LogP contribution in [0.5, 0.6) is 5.75 Å². The Hall–Kier alpha value is -4.17. The van der Waals surface area contributed by atoms with Crippen molar-refractivity contribution in [3.05, 3.63) is 99.1 Å². The van der Waals surface area contributed by atoms with Crippen LogP contribution in [0.25, 0.3) is 16.7 Å². The van der Waals surface area contributed by atoms with E-state index in [0.717, 1.165) is 11.1 Å². The second-order valence-corrected chi connectivity index (χ2v) is 8.24. The SMILES string of the molecule is COc1ccc(NC(=O)c2nc3c(=O)n(Cc4ccccc4Cl)c4cc(C)ccc4n3n2)cc1. The minimum Gasteiger partial charge on any atom is -0.497 e. The minimum absolute atomic E-state index is 0.0586. The van der Waals surface area contributed by atoms with E-state index in [-0.39, 0.29) is 23.6 Å². The largest absolute Gasteiger partial charge is 0.497 e. The lowest BCUT2D eigenvalue weighted by molar-refractivity contribution is 0.101. The second-order valence-electron chi connectivity index (χ2n) is 7.83. The standard InChI is InChI=1S/C25H20ClN5O3/c1-15-7-12-20-21(13-15)30(14-16-5-3-4-6-19(16)26)25(33)23-28-22(29-31(20)23)24(32)27-17-8-10-18(34-2)11-9-17/h3-13H,14H2,1-2H3,(H,27,32). The Labute approximate surface area is 199 Å². The molecule has 0 bridgehead atoms. The van der Waals surface area contributed by atoms with E-state index < -0.39 is 5.91 Å². The number of nitrogens with one attached hydrogen (secondary N) is 1. The lowest BCUT2D eigenvalue weighted by atomic mass is 10.2. The van der Waals surface area contributed by atoms with Crippen LogP contribution in [0.2, 0.25) is 5.02 Å². The van der Waals surface area contributed by atoms with Crippen LogP contribution in [-0.2, 0) is 6.54 Å². The summed E-state index contributed by atoms with van der Waals surface area (Å²) in [6.45, 7) is 2.21. The summed E-state index contributed by atoms with van der Waals surface area (Å²) >= 11 is 6.36. The average Bonchev–Trinajstić information content (AvgIpc) is 3.29. The Balaban J connectivity index is 1.62. The van der Waals surface area contributed by atoms with E-state index >= 15 is 0 Å². The van der Waals surface area contributed by atoms with Crippen LogP contribution in [0.1, 0.15) is 21.7 Å². The number of carbonyl (C=O) groups excluding carboxylic acids is 1. The van der Waals surface area contributed by atoms with E-state index in [2.05, 4.69) is 15.4 Å². The number of fused-ring (bicyclic) bond motifs is 3. The number of nitrogens with zero attached hydrogens (tertiary/aromatic N) is 4. The fourth-order valence-electron chi connectivity index (χ4n) is 3.79. The average molecular weight is 474 g/mol. The van der Waals surface area contributed by atoms with Gasteiger partial charge in [-0.25, -0.2) is 4.52 Å². The molecule has 1 amide bonds. The van der Waals surface area contributed by atoms with Crippen molar-refractivity contribution in [2.24, 2.45) is 0 Å². The summed E-state index contributed by atoms with van der Waals surface area (Å²) in [5.41, 5.74) is 3.36. The van der Waals surface area contributed by atoms with Crippen molar-refractivity contribution in [1.82, 2.24) is 19.2 Å². The fraction of sp³-hybridized carbons (Fsp3) is 0.120. The molecule has 0 saturated heterocycles. The highest BCUT2D eigenvalue weighted by molar-refractivity contribution is 6.31. The first-order chi connectivity index (χ1) is 16.4. The maximum atomic E-state index is 13.5. The predicted molar refractivity (Wildman–Crippen MR) is 131 cm³/mol. The molecule has 1 N–H and O–H groups in total. The molecule has 0 spiro atoms. The van der Waals surface area contributed by atoms with Crippen molar-refractivity contribution in [2.75, 3.05) is 12.4 Å². The van der Waals surface area contributed by atoms with E-state index in [0.29, 0.717) is 27.5 Å². The molecule has 9 heteroatoms. The van der Waals surface area contributed by atoms with Crippen LogP contribution >= 0.6 is 11.6 Å². The number of aryl methyl sites for hydroxylation is 1. The molecule has 0 aliphatic rings. The summed E-state index contributed by atoms with van der Waals surface area (Å²) in [5, 5.41) is 7.67. The summed E-state index contributed by atoms with van der Waals surface area (Å²) in [6.07, 6.45) is 0. The monoisotopic (exact) mass is 473 g/mol. The van der Waals surface area contributed by atoms with E-state index in [1.807, 2.05) is 43.3 Å². The molecule has 0 aliphatic carbocycles. The Morgan fingerprint density at radius 1 is 1.06 bits per heavy atom. The highest BCUT2D eigenvalue weighted by atomic mass is 35.5. The van der Waals surface area contributed by atoms with Crippen molar-refractivity contribution in [3.63, 3.8) is 0 Å². The molecule has 0 atom stereocenters. The normalized spacial score (nSPS) is 11.1. The molecule has 5 aromatic rings. The molecular weight excluding hydrogens is 454 g/mol. The molecule has 170 valence electrons. The summed E-state index contributed by atoms with van der Waals surface area (Å²) < 4.78 is 8.17. The van der Waals surface area contributed by atoms with E-state index in [9.17, 15) is 9.59 Å². The number of benzene rings is 3. The van der Waals surface area contributed by atoms with E-state index in [4.69, 9.17) is 16.3 Å². The molecule has 8 nitrogen and oxygen atoms in total. The van der Waals surface area contributed by atoms with Gasteiger partial charge in [-0.05, 0) is 60.5 Å². The molecule has 0 unspecified atom stereocenters. The van der Waals surface area contributed by atoms with Gasteiger partial charge < -0.3 is 10.1 Å². The third kappa shape index (κ3) is 3.88. The van der Waals surface area contributed by atoms with Crippen molar-refractivity contribution in [1.29, 1.82) is 0 Å². The molecule has 0 fully saturated rings. The topological polar surface area (TPSA) is 90.5 Å². The number of methoxy groups -OCH3 is 1. The lowest BCUT2D eigenvalue weighted by Crippen LogP contribution is -2.24. The van der Waals surface area contributed by atoms with Gasteiger partial charge in [-0.1, -0.05) is 35.9 Å². The molecule has 2 aromatic heterocycles. The van der Waals surface area contributed by atoms with Gasteiger partial charge in [0.1, 0.15) is 5.75 Å². The Bertz CT molecular complexity index is 1610. The Morgan fingerprint density at radius 3 is 2.56 bits per heavy atom. The lowest BCUT2D eigenvalue weighted by Gasteiger charge is -2.13. The van der Waals surface area contributed by atoms with Crippen LogP contribution in [0.3, 0.4) is 0 Å². The molecule has 2 heterocycles. The van der Waals surface area contributed by atoms with Gasteiger partial charge in [-0.2, -0.15) is 4.98 Å². The van der Waals surface area contributed by atoms with Gasteiger partial charge in [0, 0.05) is 10.7 Å². The van der Waals surface area contributed by atoms with Crippen LogP contribution in [-0.4, -0.2) is 32.2 Å². The van der Waals surface area contributed by atoms with Gasteiger partial charge in [-0.3, -0.25) is 14.2 Å². The first-order valence-corrected chi connectivity index (χ1v) is 10.9. The van der Waals surface area contributed by atoms with Gasteiger partial charge in [0.05, 0.1) is 24.7 Å². The van der Waals surface area contributed by atoms with Crippen molar-refractivity contribution < 1.29 is 9.53 Å². The fourth-order valence-corrected chi connectivity index (χ4v) is 3.98. The van der Waals surface area contributed by atoms with Gasteiger partial charge in [-0.15, -0.1) is 5.10 Å². The second kappa shape index (κ2) is 8.64. The molecule has 3 aromatic carbocycles. The van der Waals surface area contributed by atoms with E-state index in [1.54, 1.807) is 42.0 Å². The van der Waals surface area contributed by atoms with Gasteiger partial charge in [0.2, 0.25) is 11.5 Å². The van der Waals surface area contributed by atoms with Crippen molar-refractivity contribution in [2.45, 2.75) is 13.5 Å². The predicted octanol–water partition coefficient (Wildman–Crippen LogP) is 4.32. The number of hydrogen-bond acceptors (Lipinski definition) is 5. The van der Waals surface area contributed by atoms with Gasteiger partial charge in [0.25, 0.3) is 11.5 Å². The summed E-state index contributed by atoms with van der Waals surface area (Å²) in [4.78, 5) is 30.6. The Kier molecular flexibility index (Phi) is 5.51. The van der Waals surface area contributed by atoms with Gasteiger partial charge >= 0.3 is 0 Å². The smallest absolute Gasteiger partial charge is 0.296 e. The van der Waals surface area contributed by atoms with Crippen LogP contribution in [0, 0.1) is 6.92 Å². The first kappa shape index (κ1) is 21.7. The van der Waals surface area contributed by atoms with E-state index in [1.165, 1.54) is 4.52 Å². The maximum absolute atomic E-state index is 13.5. The number of amides is 1. The zero-order chi connectivity index (χ0) is 23.8. The van der Waals surface area contributed by atoms with Crippen LogP contribution in [0.15, 0.2) is 71.5 Å². The van der Waals surface area contributed by atoms with Crippen molar-refractivity contribution >= 4 is 39.9 Å². The summed E-state index contributed by atoms with van der Waals surface area (Å²) in [5.74, 6) is 0.0427. The molecule has 0 radical (unpaired) electrons. The number of aromatic nitrogens is 4.